The number of carbonyl (C=O) groups excluding carboxylic acids is 1. The number of carbonyl (C=O) groups is 1. The van der Waals surface area contributed by atoms with Gasteiger partial charge in [-0.05, 0) is 44.8 Å². The molecule has 3 aliphatic heterocycles. The molecule has 3 heterocycles. The lowest BCUT2D eigenvalue weighted by atomic mass is 10.0. The first kappa shape index (κ1) is 18.0. The Kier molecular flexibility index (Phi) is 5.15. The summed E-state index contributed by atoms with van der Waals surface area (Å²) in [5, 5.41) is 14.4. The Labute approximate surface area is 158 Å². The van der Waals surface area contributed by atoms with Crippen LogP contribution in [0.2, 0.25) is 0 Å². The third-order valence-corrected chi connectivity index (χ3v) is 5.80. The van der Waals surface area contributed by atoms with Gasteiger partial charge in [0.2, 0.25) is 0 Å². The average molecular weight is 374 g/mol. The Morgan fingerprint density at radius 2 is 1.89 bits per heavy atom. The zero-order chi connectivity index (χ0) is 18.8. The fraction of sp³-hybridized carbons (Fsp3) is 0.632. The van der Waals surface area contributed by atoms with Gasteiger partial charge in [-0.25, -0.2) is 0 Å². The van der Waals surface area contributed by atoms with E-state index in [9.17, 15) is 14.9 Å². The number of piperidine rings is 1. The molecule has 0 aromatic heterocycles. The summed E-state index contributed by atoms with van der Waals surface area (Å²) >= 11 is 0. The van der Waals surface area contributed by atoms with E-state index in [-0.39, 0.29) is 23.1 Å². The maximum Gasteiger partial charge on any atom is 0.296 e. The van der Waals surface area contributed by atoms with Crippen molar-refractivity contribution in [1.82, 2.24) is 4.90 Å². The lowest BCUT2D eigenvalue weighted by Gasteiger charge is -2.40. The van der Waals surface area contributed by atoms with E-state index in [2.05, 4.69) is 15.1 Å². The number of nitro groups is 1. The molecule has 1 amide bonds. The molecule has 2 saturated heterocycles. The average Bonchev–Trinajstić information content (AvgIpc) is 2.96. The van der Waals surface area contributed by atoms with E-state index in [1.807, 2.05) is 0 Å². The molecule has 0 aliphatic carbocycles. The highest BCUT2D eigenvalue weighted by atomic mass is 16.6. The number of benzene rings is 1. The number of anilines is 2. The van der Waals surface area contributed by atoms with Crippen LogP contribution in [0.3, 0.4) is 0 Å². The van der Waals surface area contributed by atoms with Gasteiger partial charge in [0.05, 0.1) is 16.7 Å². The van der Waals surface area contributed by atoms with Crippen LogP contribution < -0.4 is 15.0 Å². The van der Waals surface area contributed by atoms with Crippen molar-refractivity contribution >= 4 is 23.0 Å². The van der Waals surface area contributed by atoms with Crippen molar-refractivity contribution in [1.29, 1.82) is 0 Å². The highest BCUT2D eigenvalue weighted by molar-refractivity contribution is 5.97. The molecule has 0 bridgehead atoms. The van der Waals surface area contributed by atoms with Gasteiger partial charge in [0.15, 0.2) is 12.4 Å². The standard InChI is InChI=1S/C19H26N4O4/c24-19-13-27-18-11-17(23(25)26)16(10-15(18)20-19)22-9-5-6-14(12-22)21-7-3-1-2-4-8-21/h10-11,14H,1-9,12-13H2,(H,20,24). The minimum Gasteiger partial charge on any atom is -0.481 e. The number of ether oxygens (including phenoxy) is 1. The van der Waals surface area contributed by atoms with Crippen molar-refractivity contribution in [3.8, 4) is 5.75 Å². The molecule has 8 heteroatoms. The van der Waals surface area contributed by atoms with E-state index in [0.29, 0.717) is 23.2 Å². The van der Waals surface area contributed by atoms with Gasteiger partial charge in [-0.1, -0.05) is 12.8 Å². The Hall–Kier alpha value is -2.35. The second-order valence-corrected chi connectivity index (χ2v) is 7.62. The molecule has 1 N–H and O–H groups in total. The van der Waals surface area contributed by atoms with Gasteiger partial charge >= 0.3 is 0 Å². The molecule has 27 heavy (non-hydrogen) atoms. The van der Waals surface area contributed by atoms with Crippen LogP contribution in [0.1, 0.15) is 38.5 Å². The van der Waals surface area contributed by atoms with Crippen molar-refractivity contribution in [3.05, 3.63) is 22.2 Å². The van der Waals surface area contributed by atoms with E-state index < -0.39 is 0 Å². The summed E-state index contributed by atoms with van der Waals surface area (Å²) in [6.45, 7) is 3.71. The number of fused-ring (bicyclic) bond motifs is 1. The molecule has 146 valence electrons. The summed E-state index contributed by atoms with van der Waals surface area (Å²) in [6, 6.07) is 3.58. The Bertz CT molecular complexity index is 731. The van der Waals surface area contributed by atoms with Gasteiger partial charge in [-0.3, -0.25) is 19.8 Å². The molecule has 1 aromatic rings. The number of amides is 1. The van der Waals surface area contributed by atoms with Crippen LogP contribution >= 0.6 is 0 Å². The van der Waals surface area contributed by atoms with Crippen LogP contribution in [0.4, 0.5) is 17.1 Å². The van der Waals surface area contributed by atoms with Gasteiger partial charge < -0.3 is 15.0 Å². The summed E-state index contributed by atoms with van der Waals surface area (Å²) in [6.07, 6.45) is 7.21. The van der Waals surface area contributed by atoms with Crippen molar-refractivity contribution in [2.45, 2.75) is 44.6 Å². The van der Waals surface area contributed by atoms with E-state index in [0.717, 1.165) is 39.0 Å². The molecule has 0 saturated carbocycles. The van der Waals surface area contributed by atoms with E-state index >= 15 is 0 Å². The smallest absolute Gasteiger partial charge is 0.296 e. The lowest BCUT2D eigenvalue weighted by molar-refractivity contribution is -0.384. The molecule has 3 aliphatic rings. The number of nitrogens with zero attached hydrogens (tertiary/aromatic N) is 3. The fourth-order valence-corrected chi connectivity index (χ4v) is 4.44. The predicted octanol–water partition coefficient (Wildman–Crippen LogP) is 2.77. The Morgan fingerprint density at radius 1 is 1.11 bits per heavy atom. The first-order chi connectivity index (χ1) is 13.1. The van der Waals surface area contributed by atoms with Crippen LogP contribution in [0.25, 0.3) is 0 Å². The van der Waals surface area contributed by atoms with Crippen LogP contribution in [0.5, 0.6) is 5.75 Å². The fourth-order valence-electron chi connectivity index (χ4n) is 4.44. The zero-order valence-corrected chi connectivity index (χ0v) is 15.5. The highest BCUT2D eigenvalue weighted by Crippen LogP contribution is 2.40. The SMILES string of the molecule is O=C1COc2cc([N+](=O)[O-])c(N3CCCC(N4CCCCCC4)C3)cc2N1. The summed E-state index contributed by atoms with van der Waals surface area (Å²) in [5.74, 6) is 0.134. The van der Waals surface area contributed by atoms with E-state index in [1.165, 1.54) is 31.7 Å². The van der Waals surface area contributed by atoms with Gasteiger partial charge in [0, 0.05) is 19.1 Å². The van der Waals surface area contributed by atoms with Crippen molar-refractivity contribution in [3.63, 3.8) is 0 Å². The largest absolute Gasteiger partial charge is 0.481 e. The minimum absolute atomic E-state index is 0.0430. The van der Waals surface area contributed by atoms with Gasteiger partial charge in [0.1, 0.15) is 5.69 Å². The summed E-state index contributed by atoms with van der Waals surface area (Å²) in [4.78, 5) is 27.6. The third kappa shape index (κ3) is 3.85. The van der Waals surface area contributed by atoms with Crippen molar-refractivity contribution < 1.29 is 14.5 Å². The maximum atomic E-state index is 11.7. The quantitative estimate of drug-likeness (QED) is 0.647. The second-order valence-electron chi connectivity index (χ2n) is 7.62. The number of nitro benzene ring substituents is 1. The Balaban J connectivity index is 1.60. The molecule has 8 nitrogen and oxygen atoms in total. The molecule has 1 atom stereocenters. The number of rotatable bonds is 3. The highest BCUT2D eigenvalue weighted by Gasteiger charge is 2.31. The first-order valence-corrected chi connectivity index (χ1v) is 9.86. The molecule has 0 radical (unpaired) electrons. The summed E-state index contributed by atoms with van der Waals surface area (Å²) in [7, 11) is 0. The molecule has 0 spiro atoms. The van der Waals surface area contributed by atoms with Crippen molar-refractivity contribution in [2.24, 2.45) is 0 Å². The first-order valence-electron chi connectivity index (χ1n) is 9.86. The predicted molar refractivity (Wildman–Crippen MR) is 102 cm³/mol. The number of likely N-dealkylation sites (tertiary alicyclic amines) is 1. The molecule has 2 fully saturated rings. The lowest BCUT2D eigenvalue weighted by Crippen LogP contribution is -2.48. The topological polar surface area (TPSA) is 87.9 Å². The van der Waals surface area contributed by atoms with E-state index in [4.69, 9.17) is 4.74 Å². The van der Waals surface area contributed by atoms with Crippen LogP contribution in [-0.4, -0.2) is 54.6 Å². The van der Waals surface area contributed by atoms with Gasteiger partial charge in [0.25, 0.3) is 11.6 Å². The van der Waals surface area contributed by atoms with Gasteiger partial charge in [-0.2, -0.15) is 0 Å². The monoisotopic (exact) mass is 374 g/mol. The van der Waals surface area contributed by atoms with Crippen LogP contribution in [-0.2, 0) is 4.79 Å². The third-order valence-electron chi connectivity index (χ3n) is 5.80. The van der Waals surface area contributed by atoms with Crippen LogP contribution in [0.15, 0.2) is 12.1 Å². The molecular formula is C19H26N4O4. The minimum atomic E-state index is -0.356. The Morgan fingerprint density at radius 3 is 2.63 bits per heavy atom. The zero-order valence-electron chi connectivity index (χ0n) is 15.5. The normalized spacial score (nSPS) is 23.8. The van der Waals surface area contributed by atoms with Gasteiger partial charge in [-0.15, -0.1) is 0 Å². The molecule has 1 aromatic carbocycles. The van der Waals surface area contributed by atoms with Crippen LogP contribution in [0, 0.1) is 10.1 Å². The van der Waals surface area contributed by atoms with E-state index in [1.54, 1.807) is 6.07 Å². The second kappa shape index (κ2) is 7.72. The maximum absolute atomic E-state index is 11.7. The number of hydrogen-bond acceptors (Lipinski definition) is 6. The number of hydrogen-bond donors (Lipinski definition) is 1. The number of nitrogens with one attached hydrogen (secondary N) is 1. The summed E-state index contributed by atoms with van der Waals surface area (Å²) < 4.78 is 5.36. The van der Waals surface area contributed by atoms with Crippen molar-refractivity contribution in [2.75, 3.05) is 43.0 Å². The molecule has 1 unspecified atom stereocenters. The molecular weight excluding hydrogens is 348 g/mol. The molecule has 4 rings (SSSR count). The summed E-state index contributed by atoms with van der Waals surface area (Å²) in [5.41, 5.74) is 1.13.